The molecule has 0 unspecified atom stereocenters. The first kappa shape index (κ1) is 21.3. The monoisotopic (exact) mass is 381 g/mol. The zero-order valence-corrected chi connectivity index (χ0v) is 16.0. The normalized spacial score (nSPS) is 12.5. The maximum Gasteiger partial charge on any atom is 0.128 e. The van der Waals surface area contributed by atoms with Gasteiger partial charge in [-0.15, -0.1) is 24.8 Å². The van der Waals surface area contributed by atoms with Crippen LogP contribution in [0.4, 0.5) is 0 Å². The quantitative estimate of drug-likeness (QED) is 0.807. The first-order valence-electron chi connectivity index (χ1n) is 8.03. The van der Waals surface area contributed by atoms with Crippen molar-refractivity contribution in [3.63, 3.8) is 0 Å². The summed E-state index contributed by atoms with van der Waals surface area (Å²) in [4.78, 5) is 4.45. The van der Waals surface area contributed by atoms with Crippen molar-refractivity contribution in [1.82, 2.24) is 5.32 Å². The van der Waals surface area contributed by atoms with Crippen molar-refractivity contribution in [2.45, 2.75) is 19.4 Å². The Kier molecular flexibility index (Phi) is 8.76. The third-order valence-corrected chi connectivity index (χ3v) is 4.17. The van der Waals surface area contributed by atoms with E-state index in [2.05, 4.69) is 46.7 Å². The molecule has 0 saturated carbocycles. The van der Waals surface area contributed by atoms with Crippen LogP contribution in [-0.4, -0.2) is 26.0 Å². The largest absolute Gasteiger partial charge is 0.496 e. The van der Waals surface area contributed by atoms with Gasteiger partial charge in [0.15, 0.2) is 0 Å². The van der Waals surface area contributed by atoms with Crippen LogP contribution in [0.2, 0.25) is 0 Å². The number of hydrogen-bond acceptors (Lipinski definition) is 4. The summed E-state index contributed by atoms with van der Waals surface area (Å²) < 4.78 is 5.48. The molecule has 3 N–H and O–H groups in total. The third kappa shape index (κ3) is 5.36. The summed E-state index contributed by atoms with van der Waals surface area (Å²) in [5.41, 5.74) is 10.5. The molecule has 0 aliphatic carbocycles. The van der Waals surface area contributed by atoms with Crippen molar-refractivity contribution >= 4 is 30.6 Å². The highest BCUT2D eigenvalue weighted by atomic mass is 35.5. The molecule has 0 atom stereocenters. The second kappa shape index (κ2) is 10.3. The molecule has 6 heteroatoms. The first-order chi connectivity index (χ1) is 11.3. The second-order valence-electron chi connectivity index (χ2n) is 5.70. The second-order valence-corrected chi connectivity index (χ2v) is 5.70. The Morgan fingerprint density at radius 1 is 1.04 bits per heavy atom. The van der Waals surface area contributed by atoms with E-state index in [1.165, 1.54) is 11.1 Å². The van der Waals surface area contributed by atoms with Crippen LogP contribution in [0.5, 0.6) is 5.75 Å². The van der Waals surface area contributed by atoms with Crippen molar-refractivity contribution in [1.29, 1.82) is 0 Å². The number of amidine groups is 1. The van der Waals surface area contributed by atoms with E-state index in [1.54, 1.807) is 7.11 Å². The number of nitrogens with one attached hydrogen (secondary N) is 1. The summed E-state index contributed by atoms with van der Waals surface area (Å²) in [6.07, 6.45) is 1.94. The number of nitrogens with two attached hydrogens (primary N) is 1. The zero-order valence-electron chi connectivity index (χ0n) is 14.3. The molecule has 2 aromatic carbocycles. The van der Waals surface area contributed by atoms with Crippen LogP contribution < -0.4 is 15.8 Å². The number of ether oxygens (including phenoxy) is 1. The van der Waals surface area contributed by atoms with E-state index < -0.39 is 0 Å². The number of aryl methyl sites for hydroxylation is 2. The highest BCUT2D eigenvalue weighted by Crippen LogP contribution is 2.22. The number of methoxy groups -OCH3 is 1. The summed E-state index contributed by atoms with van der Waals surface area (Å²) in [6.45, 7) is 2.35. The summed E-state index contributed by atoms with van der Waals surface area (Å²) in [7, 11) is 1.71. The molecule has 0 spiro atoms. The van der Waals surface area contributed by atoms with Crippen LogP contribution >= 0.6 is 24.8 Å². The molecule has 25 heavy (non-hydrogen) atoms. The molecule has 0 bridgehead atoms. The predicted octanol–water partition coefficient (Wildman–Crippen LogP) is 3.13. The molecule has 1 aliphatic heterocycles. The van der Waals surface area contributed by atoms with Gasteiger partial charge < -0.3 is 15.8 Å². The molecule has 1 heterocycles. The molecular weight excluding hydrogens is 357 g/mol. The molecule has 0 fully saturated rings. The van der Waals surface area contributed by atoms with Crippen LogP contribution in [0.1, 0.15) is 22.3 Å². The maximum atomic E-state index is 5.68. The Hall–Kier alpha value is -1.75. The van der Waals surface area contributed by atoms with Crippen molar-refractivity contribution in [2.75, 3.05) is 20.2 Å². The maximum absolute atomic E-state index is 5.68. The SMILES string of the molecule is COc1cc(CN)ccc1CCc1ccc(C2=NCCN2)cc1.Cl.Cl. The molecule has 3 rings (SSSR count). The Morgan fingerprint density at radius 2 is 1.76 bits per heavy atom. The van der Waals surface area contributed by atoms with Gasteiger partial charge in [-0.25, -0.2) is 0 Å². The van der Waals surface area contributed by atoms with E-state index in [4.69, 9.17) is 10.5 Å². The Balaban J connectivity index is 0.00000156. The van der Waals surface area contributed by atoms with E-state index >= 15 is 0 Å². The Labute approximate surface area is 161 Å². The van der Waals surface area contributed by atoms with E-state index in [9.17, 15) is 0 Å². The smallest absolute Gasteiger partial charge is 0.128 e. The average Bonchev–Trinajstić information content (AvgIpc) is 3.15. The van der Waals surface area contributed by atoms with Crippen molar-refractivity contribution < 1.29 is 4.74 Å². The highest BCUT2D eigenvalue weighted by molar-refractivity contribution is 5.99. The molecule has 0 aromatic heterocycles. The lowest BCUT2D eigenvalue weighted by molar-refractivity contribution is 0.409. The Bertz CT molecular complexity index is 702. The molecular formula is C19H25Cl2N3O. The minimum atomic E-state index is 0. The fourth-order valence-corrected chi connectivity index (χ4v) is 2.82. The lowest BCUT2D eigenvalue weighted by Gasteiger charge is -2.10. The summed E-state index contributed by atoms with van der Waals surface area (Å²) in [5, 5.41) is 3.30. The van der Waals surface area contributed by atoms with Crippen LogP contribution in [0.15, 0.2) is 47.5 Å². The summed E-state index contributed by atoms with van der Waals surface area (Å²) >= 11 is 0. The van der Waals surface area contributed by atoms with Gasteiger partial charge >= 0.3 is 0 Å². The fraction of sp³-hybridized carbons (Fsp3) is 0.316. The van der Waals surface area contributed by atoms with Gasteiger partial charge in [-0.3, -0.25) is 4.99 Å². The number of nitrogens with zero attached hydrogens (tertiary/aromatic N) is 1. The van der Waals surface area contributed by atoms with Gasteiger partial charge in [0.25, 0.3) is 0 Å². The van der Waals surface area contributed by atoms with Gasteiger partial charge in [0.1, 0.15) is 11.6 Å². The van der Waals surface area contributed by atoms with Crippen LogP contribution in [0, 0.1) is 0 Å². The van der Waals surface area contributed by atoms with Crippen molar-refractivity contribution in [3.8, 4) is 5.75 Å². The van der Waals surface area contributed by atoms with Gasteiger partial charge in [-0.2, -0.15) is 0 Å². The molecule has 2 aromatic rings. The standard InChI is InChI=1S/C19H23N3O.2ClH/c1-23-18-12-15(13-20)5-7-16(18)6-2-14-3-8-17(9-4-14)19-21-10-11-22-19;;/h3-5,7-9,12H,2,6,10-11,13,20H2,1H3,(H,21,22);2*1H. The molecule has 0 radical (unpaired) electrons. The fourth-order valence-electron chi connectivity index (χ4n) is 2.82. The number of benzene rings is 2. The van der Waals surface area contributed by atoms with Crippen molar-refractivity contribution in [3.05, 3.63) is 64.7 Å². The average molecular weight is 382 g/mol. The van der Waals surface area contributed by atoms with Gasteiger partial charge in [0, 0.05) is 18.7 Å². The zero-order chi connectivity index (χ0) is 16.1. The van der Waals surface area contributed by atoms with Crippen LogP contribution in [-0.2, 0) is 19.4 Å². The van der Waals surface area contributed by atoms with Crippen LogP contribution in [0.3, 0.4) is 0 Å². The molecule has 1 aliphatic rings. The van der Waals surface area contributed by atoms with E-state index in [1.807, 2.05) is 6.07 Å². The topological polar surface area (TPSA) is 59.6 Å². The van der Waals surface area contributed by atoms with Gasteiger partial charge in [-0.1, -0.05) is 36.4 Å². The van der Waals surface area contributed by atoms with Gasteiger partial charge in [0.2, 0.25) is 0 Å². The number of rotatable bonds is 6. The lowest BCUT2D eigenvalue weighted by atomic mass is 10.0. The number of aliphatic imine (C=N–C) groups is 1. The summed E-state index contributed by atoms with van der Waals surface area (Å²) in [6, 6.07) is 14.9. The minimum absolute atomic E-state index is 0. The molecule has 4 nitrogen and oxygen atoms in total. The number of hydrogen-bond donors (Lipinski definition) is 2. The van der Waals surface area contributed by atoms with Gasteiger partial charge in [-0.05, 0) is 35.6 Å². The first-order valence-corrected chi connectivity index (χ1v) is 8.03. The van der Waals surface area contributed by atoms with E-state index in [-0.39, 0.29) is 24.8 Å². The van der Waals surface area contributed by atoms with Crippen molar-refractivity contribution in [2.24, 2.45) is 10.7 Å². The molecule has 0 saturated heterocycles. The molecule has 136 valence electrons. The lowest BCUT2D eigenvalue weighted by Crippen LogP contribution is -2.19. The highest BCUT2D eigenvalue weighted by Gasteiger charge is 2.08. The third-order valence-electron chi connectivity index (χ3n) is 4.17. The predicted molar refractivity (Wildman–Crippen MR) is 109 cm³/mol. The molecule has 0 amide bonds. The van der Waals surface area contributed by atoms with Crippen LogP contribution in [0.25, 0.3) is 0 Å². The van der Waals surface area contributed by atoms with E-state index in [0.29, 0.717) is 6.54 Å². The minimum Gasteiger partial charge on any atom is -0.496 e. The van der Waals surface area contributed by atoms with Gasteiger partial charge in [0.05, 0.1) is 13.7 Å². The summed E-state index contributed by atoms with van der Waals surface area (Å²) in [5.74, 6) is 1.93. The van der Waals surface area contributed by atoms with E-state index in [0.717, 1.165) is 48.6 Å². The Morgan fingerprint density at radius 3 is 2.36 bits per heavy atom. The number of halogens is 2.